The van der Waals surface area contributed by atoms with Gasteiger partial charge in [0.05, 0.1) is 81.5 Å². The Balaban J connectivity index is 0.761. The highest BCUT2D eigenvalue weighted by molar-refractivity contribution is 5.96. The SMILES string of the molecule is [C-]#[N+]c1c2c(nn1CCN(C)C(=O)CCOCCOCCOc1ccc3c(c1)CN(C(=O)[C@@H](NC(=O)[C@H](C)NC)C(C)(C)C)[C@H](C(=O)N[C@@H]1CCCc4ccccc41)C3)CN(C)C(=O)c1ccc(F)cc1[C@H]1CCCN1c1nc-2cnc1N. The van der Waals surface area contributed by atoms with E-state index in [1.54, 1.807) is 37.9 Å². The lowest BCUT2D eigenvalue weighted by Crippen LogP contribution is -2.62. The molecule has 1 saturated heterocycles. The molecule has 2 aromatic heterocycles. The highest BCUT2D eigenvalue weighted by Gasteiger charge is 2.43. The molecule has 5 N–H and O–H groups in total. The first kappa shape index (κ1) is 59.6. The lowest BCUT2D eigenvalue weighted by Gasteiger charge is -2.41. The van der Waals surface area contributed by atoms with Gasteiger partial charge in [-0.05, 0) is 110 Å². The second-order valence-corrected chi connectivity index (χ2v) is 22.9. The summed E-state index contributed by atoms with van der Waals surface area (Å²) in [6.07, 6.45) is 5.98. The molecule has 5 heterocycles. The highest BCUT2D eigenvalue weighted by atomic mass is 19.1. The molecule has 5 atom stereocenters. The van der Waals surface area contributed by atoms with Gasteiger partial charge in [-0.1, -0.05) is 57.7 Å². The largest absolute Gasteiger partial charge is 0.491 e. The summed E-state index contributed by atoms with van der Waals surface area (Å²) in [4.78, 5) is 89.6. The van der Waals surface area contributed by atoms with E-state index in [9.17, 15) is 28.4 Å². The molecule has 0 saturated carbocycles. The Labute approximate surface area is 484 Å². The molecule has 22 heteroatoms. The molecule has 3 aromatic carbocycles. The van der Waals surface area contributed by atoms with E-state index < -0.39 is 29.4 Å². The van der Waals surface area contributed by atoms with Gasteiger partial charge in [0.25, 0.3) is 11.7 Å². The quantitative estimate of drug-likeness (QED) is 0.0542. The standard InChI is InChI=1S/C61H76FN13O8/c1-37(64-5)57(77)69-53(61(2,3)4)60(80)74-35-40-31-42(20-18-39(40)32-50(74)58(78)68-46-16-11-14-38-13-9-10-15-43(38)46)83-30-29-82-28-27-81-26-22-51(76)71(7)24-25-75-55(65-6)52-47-34-66-54(63)56(67-47)73-23-12-17-49(73)45-33-41(62)19-21-44(45)59(79)72(8)36-48(52)70-75/h9-10,13,15,18-21,31,33-34,37,46,49-50,53,64H,11-12,14,16-17,22-30,32,35-36H2,1-5,7-8H3,(H2,63,66)(H,68,78)(H,69,77)/t37-,46+,49+,50-,53+/m0/s1. The summed E-state index contributed by atoms with van der Waals surface area (Å²) >= 11 is 0. The second kappa shape index (κ2) is 26.1. The number of nitrogens with zero attached hydrogens (tertiary/aromatic N) is 9. The summed E-state index contributed by atoms with van der Waals surface area (Å²) < 4.78 is 33.9. The van der Waals surface area contributed by atoms with Crippen molar-refractivity contribution in [3.63, 3.8) is 0 Å². The molecule has 3 aliphatic heterocycles. The van der Waals surface area contributed by atoms with Crippen molar-refractivity contribution in [2.24, 2.45) is 5.41 Å². The van der Waals surface area contributed by atoms with Crippen molar-refractivity contribution in [2.75, 3.05) is 77.9 Å². The zero-order valence-electron chi connectivity index (χ0n) is 48.5. The number of ether oxygens (including phenoxy) is 3. The molecule has 83 heavy (non-hydrogen) atoms. The number of likely N-dealkylation sites (N-methyl/N-ethyl adjacent to an activating group) is 2. The van der Waals surface area contributed by atoms with Crippen LogP contribution in [0.3, 0.4) is 0 Å². The van der Waals surface area contributed by atoms with Crippen molar-refractivity contribution in [3.05, 3.63) is 123 Å². The minimum Gasteiger partial charge on any atom is -0.491 e. The minimum atomic E-state index is -0.909. The van der Waals surface area contributed by atoms with Gasteiger partial charge in [-0.25, -0.2) is 14.4 Å². The predicted molar refractivity (Wildman–Crippen MR) is 309 cm³/mol. The number of carbonyl (C=O) groups excluding carboxylic acids is 5. The van der Waals surface area contributed by atoms with Crippen LogP contribution in [0.15, 0.2) is 66.9 Å². The van der Waals surface area contributed by atoms with Gasteiger partial charge in [-0.3, -0.25) is 24.0 Å². The first-order valence-corrected chi connectivity index (χ1v) is 28.6. The number of fused-ring (bicyclic) bond motifs is 10. The maximum absolute atomic E-state index is 14.8. The lowest BCUT2D eigenvalue weighted by molar-refractivity contribution is -0.147. The number of amides is 5. The van der Waals surface area contributed by atoms with E-state index in [1.165, 1.54) is 39.5 Å². The topological polar surface area (TPSA) is 236 Å². The van der Waals surface area contributed by atoms with Gasteiger partial charge >= 0.3 is 0 Å². The fourth-order valence-corrected chi connectivity index (χ4v) is 11.5. The number of carbonyl (C=O) groups is 5. The number of anilines is 2. The molecular formula is C61H76FN13O8. The molecule has 9 rings (SSSR count). The van der Waals surface area contributed by atoms with Crippen LogP contribution < -0.4 is 31.3 Å². The Morgan fingerprint density at radius 3 is 2.49 bits per heavy atom. The molecule has 440 valence electrons. The number of rotatable bonds is 19. The van der Waals surface area contributed by atoms with Crippen molar-refractivity contribution in [3.8, 4) is 17.0 Å². The Morgan fingerprint density at radius 1 is 0.952 bits per heavy atom. The Morgan fingerprint density at radius 2 is 1.72 bits per heavy atom. The van der Waals surface area contributed by atoms with Gasteiger partial charge in [-0.15, -0.1) is 5.10 Å². The van der Waals surface area contributed by atoms with Crippen LogP contribution in [0.4, 0.5) is 21.8 Å². The summed E-state index contributed by atoms with van der Waals surface area (Å²) in [5, 5.41) is 14.0. The third-order valence-electron chi connectivity index (χ3n) is 16.2. The number of hydrogen-bond acceptors (Lipinski definition) is 14. The van der Waals surface area contributed by atoms with Gasteiger partial charge in [0.2, 0.25) is 23.6 Å². The molecule has 5 aromatic rings. The summed E-state index contributed by atoms with van der Waals surface area (Å²) in [6, 6.07) is 15.2. The molecule has 1 fully saturated rings. The normalized spacial score (nSPS) is 18.2. The highest BCUT2D eigenvalue weighted by Crippen LogP contribution is 2.42. The van der Waals surface area contributed by atoms with Crippen molar-refractivity contribution < 1.29 is 42.6 Å². The molecule has 0 unspecified atom stereocenters. The third kappa shape index (κ3) is 13.4. The van der Waals surface area contributed by atoms with Crippen molar-refractivity contribution in [1.82, 2.24) is 50.4 Å². The Hall–Kier alpha value is -8.00. The zero-order chi connectivity index (χ0) is 59.1. The van der Waals surface area contributed by atoms with E-state index in [4.69, 9.17) is 36.6 Å². The molecule has 5 amide bonds. The van der Waals surface area contributed by atoms with Crippen LogP contribution in [-0.2, 0) is 61.1 Å². The molecular weight excluding hydrogens is 1060 g/mol. The molecule has 4 aliphatic rings. The van der Waals surface area contributed by atoms with Gasteiger partial charge in [-0.2, -0.15) is 4.68 Å². The molecule has 2 bridgehead atoms. The summed E-state index contributed by atoms with van der Waals surface area (Å²) in [6.45, 7) is 17.9. The molecule has 1 aliphatic carbocycles. The van der Waals surface area contributed by atoms with Crippen LogP contribution in [0.25, 0.3) is 16.1 Å². The first-order valence-electron chi connectivity index (χ1n) is 28.6. The molecule has 0 spiro atoms. The van der Waals surface area contributed by atoms with E-state index >= 15 is 0 Å². The van der Waals surface area contributed by atoms with Gasteiger partial charge < -0.3 is 60.3 Å². The number of aromatic nitrogens is 4. The van der Waals surface area contributed by atoms with Gasteiger partial charge in [0.15, 0.2) is 11.6 Å². The van der Waals surface area contributed by atoms with Crippen LogP contribution in [0.1, 0.15) is 116 Å². The number of benzene rings is 3. The van der Waals surface area contributed by atoms with Crippen LogP contribution in [0, 0.1) is 17.8 Å². The van der Waals surface area contributed by atoms with E-state index in [1.807, 2.05) is 56.0 Å². The summed E-state index contributed by atoms with van der Waals surface area (Å²) in [5.74, 6) is -0.544. The average Bonchev–Trinajstić information content (AvgIpc) is 3.79. The van der Waals surface area contributed by atoms with E-state index in [2.05, 4.69) is 37.9 Å². The second-order valence-electron chi connectivity index (χ2n) is 22.9. The number of halogens is 1. The number of nitrogens with one attached hydrogen (secondary N) is 3. The molecule has 0 radical (unpaired) electrons. The number of nitrogen functional groups attached to an aromatic ring is 1. The summed E-state index contributed by atoms with van der Waals surface area (Å²) in [5.41, 5.74) is 11.9. The van der Waals surface area contributed by atoms with Crippen LogP contribution in [-0.4, -0.2) is 149 Å². The van der Waals surface area contributed by atoms with Gasteiger partial charge in [0.1, 0.15) is 42.5 Å². The maximum atomic E-state index is 14.8. The fraction of sp³-hybridized carbons (Fsp3) is 0.492. The summed E-state index contributed by atoms with van der Waals surface area (Å²) in [7, 11) is 4.99. The fourth-order valence-electron chi connectivity index (χ4n) is 11.5. The maximum Gasteiger partial charge on any atom is 0.262 e. The van der Waals surface area contributed by atoms with Crippen LogP contribution >= 0.6 is 0 Å². The van der Waals surface area contributed by atoms with E-state index in [-0.39, 0.29) is 125 Å². The minimum absolute atomic E-state index is 0.0123. The Bertz CT molecular complexity index is 3270. The van der Waals surface area contributed by atoms with Gasteiger partial charge in [0, 0.05) is 39.2 Å². The van der Waals surface area contributed by atoms with E-state index in [0.29, 0.717) is 52.6 Å². The average molecular weight is 1140 g/mol. The monoisotopic (exact) mass is 1140 g/mol. The van der Waals surface area contributed by atoms with E-state index in [0.717, 1.165) is 42.4 Å². The van der Waals surface area contributed by atoms with Crippen LogP contribution in [0.2, 0.25) is 0 Å². The Kier molecular flexibility index (Phi) is 18.7. The van der Waals surface area contributed by atoms with Crippen molar-refractivity contribution >= 4 is 47.0 Å². The number of hydrogen-bond donors (Lipinski definition) is 4. The zero-order valence-corrected chi connectivity index (χ0v) is 48.5. The number of aryl methyl sites for hydroxylation is 1. The van der Waals surface area contributed by atoms with Crippen LogP contribution in [0.5, 0.6) is 5.75 Å². The van der Waals surface area contributed by atoms with Crippen molar-refractivity contribution in [2.45, 2.75) is 122 Å². The number of nitrogens with two attached hydrogens (primary N) is 1. The predicted octanol–water partition coefficient (Wildman–Crippen LogP) is 6.09. The van der Waals surface area contributed by atoms with Crippen molar-refractivity contribution in [1.29, 1.82) is 0 Å². The third-order valence-corrected chi connectivity index (χ3v) is 16.2. The lowest BCUT2D eigenvalue weighted by atomic mass is 9.83. The first-order chi connectivity index (χ1) is 39.8. The molecule has 21 nitrogen and oxygen atoms in total. The smallest absolute Gasteiger partial charge is 0.262 e.